The van der Waals surface area contributed by atoms with Gasteiger partial charge in [0, 0.05) is 21.2 Å². The third kappa shape index (κ3) is 5.79. The molecule has 0 aromatic rings. The van der Waals surface area contributed by atoms with Gasteiger partial charge in [0.1, 0.15) is 0 Å². The van der Waals surface area contributed by atoms with Crippen molar-refractivity contribution >= 4 is 14.2 Å². The van der Waals surface area contributed by atoms with Crippen molar-refractivity contribution in [2.45, 2.75) is 38.5 Å². The van der Waals surface area contributed by atoms with Gasteiger partial charge in [-0.3, -0.25) is 5.43 Å². The Bertz CT molecular complexity index is 210. The molecule has 0 atom stereocenters. The summed E-state index contributed by atoms with van der Waals surface area (Å²) in [6, 6.07) is 1.03. The topological polar surface area (TPSA) is 41.6 Å². The molecular weight excluding hydrogens is 208 g/mol. The fraction of sp³-hybridized carbons (Fsp3) is 0.900. The van der Waals surface area contributed by atoms with Crippen molar-refractivity contribution in [3.63, 3.8) is 0 Å². The molecule has 0 unspecified atom stereocenters. The van der Waals surface area contributed by atoms with Crippen molar-refractivity contribution in [1.29, 1.82) is 0 Å². The molecular formula is C10H22N2O2Si. The molecule has 0 radical (unpaired) electrons. The number of amides is 1. The van der Waals surface area contributed by atoms with Gasteiger partial charge < -0.3 is 4.74 Å². The summed E-state index contributed by atoms with van der Waals surface area (Å²) in [5, 5.41) is 1.93. The number of ether oxygens (including phenoxy) is 1. The highest BCUT2D eigenvalue weighted by molar-refractivity contribution is 6.76. The Labute approximate surface area is 93.0 Å². The normalized spacial score (nSPS) is 17.8. The standard InChI is InChI=1S/C10H22N2O2Si/c1-15(2,3)9-8-14-10(13)11-12-6-4-5-7-12/h4-9H2,1-3H3,(H,11,13). The minimum Gasteiger partial charge on any atom is -0.449 e. The van der Waals surface area contributed by atoms with Crippen molar-refractivity contribution in [3.8, 4) is 0 Å². The lowest BCUT2D eigenvalue weighted by atomic mass is 10.4. The van der Waals surface area contributed by atoms with E-state index >= 15 is 0 Å². The molecule has 1 aliphatic rings. The highest BCUT2D eigenvalue weighted by atomic mass is 28.3. The maximum absolute atomic E-state index is 11.3. The smallest absolute Gasteiger partial charge is 0.421 e. The highest BCUT2D eigenvalue weighted by Gasteiger charge is 2.16. The summed E-state index contributed by atoms with van der Waals surface area (Å²) >= 11 is 0. The van der Waals surface area contributed by atoms with Crippen molar-refractivity contribution < 1.29 is 9.53 Å². The first-order valence-electron chi connectivity index (χ1n) is 5.66. The molecule has 0 spiro atoms. The predicted octanol–water partition coefficient (Wildman–Crippen LogP) is 2.06. The Balaban J connectivity index is 2.08. The number of hydrogen-bond acceptors (Lipinski definition) is 3. The van der Waals surface area contributed by atoms with Crippen LogP contribution >= 0.6 is 0 Å². The maximum Gasteiger partial charge on any atom is 0.421 e. The van der Waals surface area contributed by atoms with Gasteiger partial charge in [-0.15, -0.1) is 0 Å². The molecule has 0 saturated carbocycles. The lowest BCUT2D eigenvalue weighted by Crippen LogP contribution is -2.40. The van der Waals surface area contributed by atoms with Crippen LogP contribution in [0.1, 0.15) is 12.8 Å². The Hall–Kier alpha value is -0.553. The maximum atomic E-state index is 11.3. The molecule has 4 nitrogen and oxygen atoms in total. The monoisotopic (exact) mass is 230 g/mol. The number of carbonyl (C=O) groups excluding carboxylic acids is 1. The summed E-state index contributed by atoms with van der Waals surface area (Å²) in [7, 11) is -1.09. The Morgan fingerprint density at radius 3 is 2.47 bits per heavy atom. The van der Waals surface area contributed by atoms with Gasteiger partial charge in [-0.1, -0.05) is 19.6 Å². The third-order valence-electron chi connectivity index (χ3n) is 2.44. The van der Waals surface area contributed by atoms with Crippen LogP contribution in [0, 0.1) is 0 Å². The van der Waals surface area contributed by atoms with E-state index in [4.69, 9.17) is 4.74 Å². The van der Waals surface area contributed by atoms with E-state index in [1.807, 2.05) is 5.01 Å². The van der Waals surface area contributed by atoms with Gasteiger partial charge in [-0.25, -0.2) is 9.80 Å². The molecule has 5 heteroatoms. The first-order chi connectivity index (χ1) is 6.97. The van der Waals surface area contributed by atoms with Gasteiger partial charge in [-0.05, 0) is 18.9 Å². The summed E-state index contributed by atoms with van der Waals surface area (Å²) in [5.41, 5.74) is 2.75. The average Bonchev–Trinajstić information content (AvgIpc) is 2.54. The first kappa shape index (κ1) is 12.5. The molecule has 0 aliphatic carbocycles. The third-order valence-corrected chi connectivity index (χ3v) is 4.14. The lowest BCUT2D eigenvalue weighted by molar-refractivity contribution is 0.119. The van der Waals surface area contributed by atoms with Crippen LogP contribution in [0.4, 0.5) is 4.79 Å². The van der Waals surface area contributed by atoms with Crippen molar-refractivity contribution in [2.75, 3.05) is 19.7 Å². The van der Waals surface area contributed by atoms with Crippen LogP contribution in [0.2, 0.25) is 25.7 Å². The van der Waals surface area contributed by atoms with E-state index < -0.39 is 8.07 Å². The summed E-state index contributed by atoms with van der Waals surface area (Å²) in [5.74, 6) is 0. The van der Waals surface area contributed by atoms with Crippen molar-refractivity contribution in [1.82, 2.24) is 10.4 Å². The van der Waals surface area contributed by atoms with Crippen LogP contribution in [-0.4, -0.2) is 38.9 Å². The zero-order valence-corrected chi connectivity index (χ0v) is 11.0. The van der Waals surface area contributed by atoms with Crippen LogP contribution in [0.15, 0.2) is 0 Å². The minimum atomic E-state index is -1.09. The van der Waals surface area contributed by atoms with Crippen LogP contribution in [0.25, 0.3) is 0 Å². The number of hydrazine groups is 1. The van der Waals surface area contributed by atoms with Gasteiger partial charge in [0.15, 0.2) is 0 Å². The molecule has 1 rings (SSSR count). The molecule has 1 saturated heterocycles. The Kier molecular flexibility index (Phi) is 4.60. The predicted molar refractivity (Wildman–Crippen MR) is 63.4 cm³/mol. The van der Waals surface area contributed by atoms with Crippen LogP contribution < -0.4 is 5.43 Å². The Morgan fingerprint density at radius 1 is 1.33 bits per heavy atom. The second-order valence-electron chi connectivity index (χ2n) is 5.25. The second-order valence-corrected chi connectivity index (χ2v) is 10.9. The quantitative estimate of drug-likeness (QED) is 0.752. The van der Waals surface area contributed by atoms with Crippen LogP contribution in [0.5, 0.6) is 0 Å². The fourth-order valence-corrected chi connectivity index (χ4v) is 2.15. The average molecular weight is 230 g/mol. The van der Waals surface area contributed by atoms with Gasteiger partial charge in [0.25, 0.3) is 0 Å². The molecule has 15 heavy (non-hydrogen) atoms. The zero-order chi connectivity index (χ0) is 11.3. The minimum absolute atomic E-state index is 0.296. The number of carbonyl (C=O) groups is 1. The molecule has 0 aromatic heterocycles. The van der Waals surface area contributed by atoms with Crippen LogP contribution in [-0.2, 0) is 4.74 Å². The van der Waals surface area contributed by atoms with E-state index in [1.54, 1.807) is 0 Å². The molecule has 0 bridgehead atoms. The number of nitrogens with one attached hydrogen (secondary N) is 1. The molecule has 0 aromatic carbocycles. The molecule has 1 amide bonds. The van der Waals surface area contributed by atoms with Gasteiger partial charge in [0.05, 0.1) is 6.61 Å². The SMILES string of the molecule is C[Si](C)(C)CCOC(=O)NN1CCCC1. The molecule has 1 N–H and O–H groups in total. The molecule has 1 heterocycles. The van der Waals surface area contributed by atoms with E-state index in [2.05, 4.69) is 25.1 Å². The summed E-state index contributed by atoms with van der Waals surface area (Å²) in [6.07, 6.45) is 2.03. The summed E-state index contributed by atoms with van der Waals surface area (Å²) < 4.78 is 5.12. The zero-order valence-electron chi connectivity index (χ0n) is 10.0. The van der Waals surface area contributed by atoms with Gasteiger partial charge >= 0.3 is 6.09 Å². The summed E-state index contributed by atoms with van der Waals surface area (Å²) in [6.45, 7) is 9.26. The fourth-order valence-electron chi connectivity index (χ4n) is 1.44. The lowest BCUT2D eigenvalue weighted by Gasteiger charge is -2.18. The van der Waals surface area contributed by atoms with Gasteiger partial charge in [-0.2, -0.15) is 0 Å². The van der Waals surface area contributed by atoms with E-state index in [0.717, 1.165) is 32.0 Å². The number of nitrogens with zero attached hydrogens (tertiary/aromatic N) is 1. The molecule has 1 fully saturated rings. The van der Waals surface area contributed by atoms with E-state index in [9.17, 15) is 4.79 Å². The van der Waals surface area contributed by atoms with E-state index in [0.29, 0.717) is 6.61 Å². The van der Waals surface area contributed by atoms with Crippen molar-refractivity contribution in [3.05, 3.63) is 0 Å². The highest BCUT2D eigenvalue weighted by Crippen LogP contribution is 2.08. The largest absolute Gasteiger partial charge is 0.449 e. The molecule has 1 aliphatic heterocycles. The Morgan fingerprint density at radius 2 is 1.93 bits per heavy atom. The van der Waals surface area contributed by atoms with Gasteiger partial charge in [0.2, 0.25) is 0 Å². The number of rotatable bonds is 4. The second kappa shape index (κ2) is 5.51. The van der Waals surface area contributed by atoms with Crippen molar-refractivity contribution in [2.24, 2.45) is 0 Å². The van der Waals surface area contributed by atoms with E-state index in [1.165, 1.54) is 0 Å². The summed E-state index contributed by atoms with van der Waals surface area (Å²) in [4.78, 5) is 11.3. The van der Waals surface area contributed by atoms with E-state index in [-0.39, 0.29) is 6.09 Å². The van der Waals surface area contributed by atoms with Crippen LogP contribution in [0.3, 0.4) is 0 Å². The molecule has 88 valence electrons. The number of hydrogen-bond donors (Lipinski definition) is 1. The first-order valence-corrected chi connectivity index (χ1v) is 9.36.